The lowest BCUT2D eigenvalue weighted by Crippen LogP contribution is -2.48. The molecule has 0 unspecified atom stereocenters. The maximum atomic E-state index is 13.1. The molecule has 158 valence electrons. The van der Waals surface area contributed by atoms with Crippen molar-refractivity contribution in [3.05, 3.63) is 58.9 Å². The van der Waals surface area contributed by atoms with Gasteiger partial charge in [0.05, 0.1) is 12.7 Å². The van der Waals surface area contributed by atoms with Gasteiger partial charge in [-0.15, -0.1) is 0 Å². The minimum atomic E-state index is -4.63. The van der Waals surface area contributed by atoms with E-state index in [1.165, 1.54) is 30.2 Å². The van der Waals surface area contributed by atoms with E-state index in [0.717, 1.165) is 18.6 Å². The van der Waals surface area contributed by atoms with Crippen LogP contribution in [0.3, 0.4) is 0 Å². The van der Waals surface area contributed by atoms with Crippen LogP contribution in [0.4, 0.5) is 17.6 Å². The van der Waals surface area contributed by atoms with E-state index in [1.807, 2.05) is 6.07 Å². The highest BCUT2D eigenvalue weighted by Gasteiger charge is 2.40. The molecule has 30 heavy (non-hydrogen) atoms. The highest BCUT2D eigenvalue weighted by Crippen LogP contribution is 2.38. The monoisotopic (exact) mass is 422 g/mol. The Bertz CT molecular complexity index is 977. The van der Waals surface area contributed by atoms with Crippen LogP contribution in [-0.4, -0.2) is 43.3 Å². The number of ether oxygens (including phenoxy) is 2. The van der Waals surface area contributed by atoms with Crippen LogP contribution in [0.15, 0.2) is 36.4 Å². The number of likely N-dealkylation sites (tertiary alicyclic amines) is 1. The number of rotatable bonds is 5. The zero-order valence-electron chi connectivity index (χ0n) is 16.2. The number of nitriles is 1. The number of methoxy groups -OCH3 is 1. The zero-order chi connectivity index (χ0) is 22.1. The van der Waals surface area contributed by atoms with Crippen molar-refractivity contribution in [2.75, 3.05) is 20.2 Å². The molecule has 9 heteroatoms. The highest BCUT2D eigenvalue weighted by molar-refractivity contribution is 6.01. The Morgan fingerprint density at radius 3 is 2.37 bits per heavy atom. The van der Waals surface area contributed by atoms with E-state index in [-0.39, 0.29) is 34.4 Å². The minimum Gasteiger partial charge on any atom is -0.494 e. The van der Waals surface area contributed by atoms with Crippen molar-refractivity contribution in [3.8, 4) is 17.6 Å². The van der Waals surface area contributed by atoms with Crippen molar-refractivity contribution in [2.45, 2.75) is 25.1 Å². The number of benzene rings is 2. The van der Waals surface area contributed by atoms with Gasteiger partial charge in [0.25, 0.3) is 5.91 Å². The van der Waals surface area contributed by atoms with Crippen molar-refractivity contribution in [1.82, 2.24) is 4.90 Å². The Kier molecular flexibility index (Phi) is 5.87. The van der Waals surface area contributed by atoms with Gasteiger partial charge >= 0.3 is 6.18 Å². The van der Waals surface area contributed by atoms with Crippen LogP contribution < -0.4 is 9.47 Å². The summed E-state index contributed by atoms with van der Waals surface area (Å²) in [6.45, 7) is 1.41. The molecule has 0 spiro atoms. The molecule has 0 N–H and O–H groups in total. The van der Waals surface area contributed by atoms with Gasteiger partial charge in [-0.25, -0.2) is 4.39 Å². The molecule has 5 nitrogen and oxygen atoms in total. The van der Waals surface area contributed by atoms with E-state index in [2.05, 4.69) is 0 Å². The van der Waals surface area contributed by atoms with Gasteiger partial charge in [-0.1, -0.05) is 12.1 Å². The van der Waals surface area contributed by atoms with Crippen molar-refractivity contribution in [3.63, 3.8) is 0 Å². The molecule has 1 atom stereocenters. The molecule has 0 bridgehead atoms. The van der Waals surface area contributed by atoms with Crippen molar-refractivity contribution in [1.29, 1.82) is 5.26 Å². The first-order valence-electron chi connectivity index (χ1n) is 9.05. The van der Waals surface area contributed by atoms with Crippen molar-refractivity contribution < 1.29 is 31.8 Å². The first-order valence-corrected chi connectivity index (χ1v) is 9.05. The Morgan fingerprint density at radius 1 is 1.20 bits per heavy atom. The van der Waals surface area contributed by atoms with E-state index < -0.39 is 18.2 Å². The standard InChI is InChI=1S/C21H18F4N2O3/c1-12(21(23,24)25)30-17-8-5-14(9-26)19(29-2)18(17)20(28)27-10-15(11-27)13-3-6-16(22)7-4-13/h3-8,12,15H,10-11H2,1-2H3/t12-/m0/s1. The van der Waals surface area contributed by atoms with Gasteiger partial charge in [-0.05, 0) is 36.8 Å². The topological polar surface area (TPSA) is 62.6 Å². The van der Waals surface area contributed by atoms with E-state index in [0.29, 0.717) is 13.1 Å². The average Bonchev–Trinajstić information content (AvgIpc) is 2.66. The summed E-state index contributed by atoms with van der Waals surface area (Å²) >= 11 is 0. The van der Waals surface area contributed by atoms with E-state index >= 15 is 0 Å². The molecule has 2 aromatic rings. The van der Waals surface area contributed by atoms with Gasteiger partial charge in [-0.2, -0.15) is 18.4 Å². The van der Waals surface area contributed by atoms with Gasteiger partial charge in [0.2, 0.25) is 0 Å². The third-order valence-electron chi connectivity index (χ3n) is 4.93. The number of nitrogens with zero attached hydrogens (tertiary/aromatic N) is 2. The van der Waals surface area contributed by atoms with Gasteiger partial charge in [0.15, 0.2) is 11.9 Å². The molecule has 0 aliphatic carbocycles. The van der Waals surface area contributed by atoms with Crippen molar-refractivity contribution in [2.24, 2.45) is 0 Å². The normalized spacial score (nSPS) is 15.2. The Balaban J connectivity index is 1.88. The number of hydrogen-bond donors (Lipinski definition) is 0. The van der Waals surface area contributed by atoms with Gasteiger partial charge in [0.1, 0.15) is 23.2 Å². The summed E-state index contributed by atoms with van der Waals surface area (Å²) in [5, 5.41) is 9.27. The quantitative estimate of drug-likeness (QED) is 0.675. The Labute approximate surface area is 170 Å². The smallest absolute Gasteiger partial charge is 0.425 e. The summed E-state index contributed by atoms with van der Waals surface area (Å²) in [6.07, 6.45) is -6.80. The maximum absolute atomic E-state index is 13.1. The van der Waals surface area contributed by atoms with Crippen LogP contribution in [-0.2, 0) is 0 Å². The lowest BCUT2D eigenvalue weighted by atomic mass is 9.90. The second-order valence-electron chi connectivity index (χ2n) is 6.89. The molecule has 1 aliphatic rings. The first kappa shape index (κ1) is 21.4. The number of alkyl halides is 3. The molecule has 3 rings (SSSR count). The molecule has 0 radical (unpaired) electrons. The lowest BCUT2D eigenvalue weighted by Gasteiger charge is -2.40. The zero-order valence-corrected chi connectivity index (χ0v) is 16.2. The number of amides is 1. The second-order valence-corrected chi connectivity index (χ2v) is 6.89. The second kappa shape index (κ2) is 8.22. The summed E-state index contributed by atoms with van der Waals surface area (Å²) in [6, 6.07) is 10.2. The molecule has 2 aromatic carbocycles. The fourth-order valence-corrected chi connectivity index (χ4v) is 3.17. The van der Waals surface area contributed by atoms with E-state index in [4.69, 9.17) is 9.47 Å². The molecule has 1 fully saturated rings. The minimum absolute atomic E-state index is 0.00321. The molecule has 0 saturated carbocycles. The third kappa shape index (κ3) is 4.17. The van der Waals surface area contributed by atoms with Crippen LogP contribution in [0.1, 0.15) is 34.3 Å². The Morgan fingerprint density at radius 2 is 1.83 bits per heavy atom. The fourth-order valence-electron chi connectivity index (χ4n) is 3.17. The first-order chi connectivity index (χ1) is 14.2. The number of hydrogen-bond acceptors (Lipinski definition) is 4. The van der Waals surface area contributed by atoms with Crippen molar-refractivity contribution >= 4 is 5.91 Å². The van der Waals surface area contributed by atoms with Crippen LogP contribution in [0.25, 0.3) is 0 Å². The molecule has 1 saturated heterocycles. The summed E-state index contributed by atoms with van der Waals surface area (Å²) in [5.74, 6) is -1.46. The summed E-state index contributed by atoms with van der Waals surface area (Å²) in [5.41, 5.74) is 0.619. The molecular formula is C21H18F4N2O3. The van der Waals surface area contributed by atoms with Crippen LogP contribution >= 0.6 is 0 Å². The predicted octanol–water partition coefficient (Wildman–Crippen LogP) is 4.28. The average molecular weight is 422 g/mol. The molecule has 1 amide bonds. The van der Waals surface area contributed by atoms with Gasteiger partial charge < -0.3 is 14.4 Å². The predicted molar refractivity (Wildman–Crippen MR) is 98.9 cm³/mol. The molecule has 0 aromatic heterocycles. The number of carbonyl (C=O) groups excluding carboxylic acids is 1. The molecular weight excluding hydrogens is 404 g/mol. The van der Waals surface area contributed by atoms with Crippen LogP contribution in [0.2, 0.25) is 0 Å². The van der Waals surface area contributed by atoms with E-state index in [9.17, 15) is 27.6 Å². The summed E-state index contributed by atoms with van der Waals surface area (Å²) < 4.78 is 62.2. The Hall–Kier alpha value is -3.28. The van der Waals surface area contributed by atoms with Gasteiger partial charge in [-0.3, -0.25) is 4.79 Å². The number of carbonyl (C=O) groups is 1. The lowest BCUT2D eigenvalue weighted by molar-refractivity contribution is -0.189. The highest BCUT2D eigenvalue weighted by atomic mass is 19.4. The third-order valence-corrected chi connectivity index (χ3v) is 4.93. The SMILES string of the molecule is COc1c(C#N)ccc(O[C@@H](C)C(F)(F)F)c1C(=O)N1CC(c2ccc(F)cc2)C1. The molecule has 1 heterocycles. The summed E-state index contributed by atoms with van der Waals surface area (Å²) in [7, 11) is 1.22. The fraction of sp³-hybridized carbons (Fsp3) is 0.333. The van der Waals surface area contributed by atoms with Gasteiger partial charge in [0, 0.05) is 19.0 Å². The largest absolute Gasteiger partial charge is 0.494 e. The number of halogens is 4. The van der Waals surface area contributed by atoms with Crippen LogP contribution in [0, 0.1) is 17.1 Å². The maximum Gasteiger partial charge on any atom is 0.425 e. The molecule has 1 aliphatic heterocycles. The summed E-state index contributed by atoms with van der Waals surface area (Å²) in [4.78, 5) is 14.5. The van der Waals surface area contributed by atoms with Crippen LogP contribution in [0.5, 0.6) is 11.5 Å². The van der Waals surface area contributed by atoms with E-state index in [1.54, 1.807) is 12.1 Å².